The Kier molecular flexibility index (Phi) is 6.31. The maximum absolute atomic E-state index is 13.2. The Balaban J connectivity index is 2.54. The van der Waals surface area contributed by atoms with Gasteiger partial charge in [-0.2, -0.15) is 0 Å². The van der Waals surface area contributed by atoms with E-state index in [1.54, 1.807) is 26.8 Å². The fourth-order valence-electron chi connectivity index (χ4n) is 2.44. The normalized spacial score (nSPS) is 11.5. The number of benzene rings is 2. The van der Waals surface area contributed by atoms with Gasteiger partial charge in [-0.05, 0) is 69.2 Å². The number of aryl methyl sites for hydroxylation is 2. The molecule has 0 aliphatic heterocycles. The van der Waals surface area contributed by atoms with Crippen molar-refractivity contribution in [2.75, 3.05) is 10.8 Å². The number of halogens is 1. The number of hydrogen-bond donors (Lipinski definition) is 0. The molecule has 0 heterocycles. The molecule has 5 nitrogen and oxygen atoms in total. The van der Waals surface area contributed by atoms with E-state index in [1.807, 2.05) is 19.1 Å². The molecule has 0 radical (unpaired) electrons. The van der Waals surface area contributed by atoms with Crippen molar-refractivity contribution >= 4 is 33.3 Å². The molecule has 0 aliphatic rings. The van der Waals surface area contributed by atoms with Crippen molar-refractivity contribution in [3.63, 3.8) is 0 Å². The molecular formula is C19H22ClNO4S. The van der Waals surface area contributed by atoms with Crippen LogP contribution >= 0.6 is 11.6 Å². The van der Waals surface area contributed by atoms with Crippen LogP contribution in [0.4, 0.5) is 5.69 Å². The largest absolute Gasteiger partial charge is 0.462 e. The standard InChI is InChI=1S/C19H22ClNO4S/c1-13(2)25-19(22)12-21(18-11-14(3)5-6-15(18)4)26(23,24)17-9-7-16(20)8-10-17/h5-11,13H,12H2,1-4H3. The summed E-state index contributed by atoms with van der Waals surface area (Å²) >= 11 is 5.86. The molecule has 0 fully saturated rings. The first kappa shape index (κ1) is 20.3. The Labute approximate surface area is 159 Å². The molecule has 2 aromatic rings. The van der Waals surface area contributed by atoms with E-state index in [-0.39, 0.29) is 11.0 Å². The van der Waals surface area contributed by atoms with Crippen molar-refractivity contribution in [1.82, 2.24) is 0 Å². The first-order valence-electron chi connectivity index (χ1n) is 8.16. The number of sulfonamides is 1. The van der Waals surface area contributed by atoms with E-state index >= 15 is 0 Å². The summed E-state index contributed by atoms with van der Waals surface area (Å²) in [4.78, 5) is 12.3. The molecule has 0 N–H and O–H groups in total. The summed E-state index contributed by atoms with van der Waals surface area (Å²) < 4.78 is 32.7. The third-order valence-electron chi connectivity index (χ3n) is 3.67. The van der Waals surface area contributed by atoms with Crippen molar-refractivity contribution in [3.8, 4) is 0 Å². The van der Waals surface area contributed by atoms with E-state index in [0.717, 1.165) is 15.4 Å². The number of esters is 1. The summed E-state index contributed by atoms with van der Waals surface area (Å²) in [6.07, 6.45) is -0.332. The molecule has 0 unspecified atom stereocenters. The predicted molar refractivity (Wildman–Crippen MR) is 103 cm³/mol. The van der Waals surface area contributed by atoms with Crippen molar-refractivity contribution in [2.24, 2.45) is 0 Å². The van der Waals surface area contributed by atoms with Gasteiger partial charge >= 0.3 is 5.97 Å². The molecule has 0 saturated carbocycles. The topological polar surface area (TPSA) is 63.7 Å². The lowest BCUT2D eigenvalue weighted by molar-refractivity contribution is -0.145. The number of carbonyl (C=O) groups excluding carboxylic acids is 1. The second-order valence-corrected chi connectivity index (χ2v) is 8.59. The van der Waals surface area contributed by atoms with Crippen LogP contribution in [0, 0.1) is 13.8 Å². The van der Waals surface area contributed by atoms with Crippen LogP contribution in [-0.2, 0) is 19.6 Å². The highest BCUT2D eigenvalue weighted by molar-refractivity contribution is 7.92. The summed E-state index contributed by atoms with van der Waals surface area (Å²) in [6, 6.07) is 11.3. The first-order valence-corrected chi connectivity index (χ1v) is 9.98. The van der Waals surface area contributed by atoms with Crippen LogP contribution in [0.2, 0.25) is 5.02 Å². The molecule has 0 atom stereocenters. The third kappa shape index (κ3) is 4.77. The van der Waals surface area contributed by atoms with E-state index in [1.165, 1.54) is 24.3 Å². The molecule has 0 spiro atoms. The van der Waals surface area contributed by atoms with E-state index < -0.39 is 22.5 Å². The van der Waals surface area contributed by atoms with Gasteiger partial charge in [0.25, 0.3) is 10.0 Å². The van der Waals surface area contributed by atoms with Crippen LogP contribution in [0.15, 0.2) is 47.4 Å². The smallest absolute Gasteiger partial charge is 0.327 e. The van der Waals surface area contributed by atoms with Gasteiger partial charge in [-0.25, -0.2) is 8.42 Å². The molecule has 2 aromatic carbocycles. The van der Waals surface area contributed by atoms with Crippen LogP contribution in [0.5, 0.6) is 0 Å². The molecule has 0 aromatic heterocycles. The summed E-state index contributed by atoms with van der Waals surface area (Å²) in [6.45, 7) is 6.69. The number of anilines is 1. The van der Waals surface area contributed by atoms with Gasteiger partial charge in [0.15, 0.2) is 0 Å². The first-order chi connectivity index (χ1) is 12.1. The Morgan fingerprint density at radius 1 is 1.12 bits per heavy atom. The molecule has 0 bridgehead atoms. The van der Waals surface area contributed by atoms with Crippen LogP contribution in [-0.4, -0.2) is 27.0 Å². The minimum atomic E-state index is -3.97. The van der Waals surface area contributed by atoms with Crippen molar-refractivity contribution in [1.29, 1.82) is 0 Å². The Bertz CT molecular complexity index is 892. The lowest BCUT2D eigenvalue weighted by Crippen LogP contribution is -2.37. The second-order valence-electron chi connectivity index (χ2n) is 6.29. The lowest BCUT2D eigenvalue weighted by Gasteiger charge is -2.26. The van der Waals surface area contributed by atoms with Gasteiger partial charge in [-0.15, -0.1) is 0 Å². The molecule has 0 saturated heterocycles. The molecular weight excluding hydrogens is 374 g/mol. The van der Waals surface area contributed by atoms with Gasteiger partial charge in [0.05, 0.1) is 16.7 Å². The van der Waals surface area contributed by atoms with Crippen LogP contribution in [0.25, 0.3) is 0 Å². The van der Waals surface area contributed by atoms with Crippen LogP contribution < -0.4 is 4.31 Å². The van der Waals surface area contributed by atoms with Crippen molar-refractivity contribution in [3.05, 3.63) is 58.6 Å². The minimum Gasteiger partial charge on any atom is -0.462 e. The highest BCUT2D eigenvalue weighted by Crippen LogP contribution is 2.28. The fourth-order valence-corrected chi connectivity index (χ4v) is 4.03. The quantitative estimate of drug-likeness (QED) is 0.690. The SMILES string of the molecule is Cc1ccc(C)c(N(CC(=O)OC(C)C)S(=O)(=O)c2ccc(Cl)cc2)c1. The highest BCUT2D eigenvalue weighted by atomic mass is 35.5. The Morgan fingerprint density at radius 3 is 2.31 bits per heavy atom. The number of rotatable bonds is 6. The average molecular weight is 396 g/mol. The van der Waals surface area contributed by atoms with Gasteiger partial charge in [0.2, 0.25) is 0 Å². The maximum atomic E-state index is 13.2. The number of carbonyl (C=O) groups is 1. The predicted octanol–water partition coefficient (Wildman–Crippen LogP) is 4.10. The van der Waals surface area contributed by atoms with E-state index in [9.17, 15) is 13.2 Å². The Hall–Kier alpha value is -2.05. The van der Waals surface area contributed by atoms with E-state index in [2.05, 4.69) is 0 Å². The maximum Gasteiger partial charge on any atom is 0.327 e. The summed E-state index contributed by atoms with van der Waals surface area (Å²) in [7, 11) is -3.97. The monoisotopic (exact) mass is 395 g/mol. The van der Waals surface area contributed by atoms with Crippen LogP contribution in [0.3, 0.4) is 0 Å². The third-order valence-corrected chi connectivity index (χ3v) is 5.70. The second kappa shape index (κ2) is 8.10. The fraction of sp³-hybridized carbons (Fsp3) is 0.316. The van der Waals surface area contributed by atoms with Gasteiger partial charge in [0.1, 0.15) is 6.54 Å². The van der Waals surface area contributed by atoms with Gasteiger partial charge in [-0.1, -0.05) is 23.7 Å². The van der Waals surface area contributed by atoms with Gasteiger partial charge < -0.3 is 4.74 Å². The molecule has 26 heavy (non-hydrogen) atoms. The summed E-state index contributed by atoms with van der Waals surface area (Å²) in [5.74, 6) is -0.613. The minimum absolute atomic E-state index is 0.0557. The van der Waals surface area contributed by atoms with Gasteiger partial charge in [-0.3, -0.25) is 9.10 Å². The van der Waals surface area contributed by atoms with E-state index in [4.69, 9.17) is 16.3 Å². The molecule has 0 amide bonds. The zero-order chi connectivity index (χ0) is 19.5. The number of nitrogens with zero attached hydrogens (tertiary/aromatic N) is 1. The van der Waals surface area contributed by atoms with Crippen molar-refractivity contribution in [2.45, 2.75) is 38.7 Å². The summed E-state index contributed by atoms with van der Waals surface area (Å²) in [5.41, 5.74) is 2.07. The van der Waals surface area contributed by atoms with Gasteiger partial charge in [0, 0.05) is 5.02 Å². The molecule has 140 valence electrons. The molecule has 7 heteroatoms. The Morgan fingerprint density at radius 2 is 1.73 bits per heavy atom. The molecule has 0 aliphatic carbocycles. The zero-order valence-corrected chi connectivity index (χ0v) is 16.8. The average Bonchev–Trinajstić information content (AvgIpc) is 2.54. The number of ether oxygens (including phenoxy) is 1. The highest BCUT2D eigenvalue weighted by Gasteiger charge is 2.29. The lowest BCUT2D eigenvalue weighted by atomic mass is 10.1. The van der Waals surface area contributed by atoms with Crippen LogP contribution in [0.1, 0.15) is 25.0 Å². The molecule has 2 rings (SSSR count). The summed E-state index contributed by atoms with van der Waals surface area (Å²) in [5, 5.41) is 0.432. The van der Waals surface area contributed by atoms with E-state index in [0.29, 0.717) is 10.7 Å². The number of hydrogen-bond acceptors (Lipinski definition) is 4. The van der Waals surface area contributed by atoms with Crippen molar-refractivity contribution < 1.29 is 17.9 Å². The zero-order valence-electron chi connectivity index (χ0n) is 15.2.